The zero-order valence-corrected chi connectivity index (χ0v) is 12.7. The van der Waals surface area contributed by atoms with E-state index in [1.807, 2.05) is 26.1 Å². The molecule has 0 radical (unpaired) electrons. The SMILES string of the molecule is CC.CC(C)C1(C)CCCCC1c1ccccn1. The largest absolute Gasteiger partial charge is 0.261 e. The summed E-state index contributed by atoms with van der Waals surface area (Å²) in [6, 6.07) is 6.34. The minimum absolute atomic E-state index is 0.437. The maximum absolute atomic E-state index is 4.58. The Kier molecular flexibility index (Phi) is 5.84. The first-order chi connectivity index (χ1) is 8.64. The molecule has 0 aliphatic heterocycles. The lowest BCUT2D eigenvalue weighted by molar-refractivity contribution is 0.106. The molecule has 0 saturated heterocycles. The van der Waals surface area contributed by atoms with Crippen molar-refractivity contribution in [2.45, 2.75) is 66.2 Å². The fourth-order valence-electron chi connectivity index (χ4n) is 3.12. The monoisotopic (exact) mass is 247 g/mol. The Bertz CT molecular complexity index is 331. The Morgan fingerprint density at radius 2 is 1.94 bits per heavy atom. The molecule has 0 spiro atoms. The number of hydrogen-bond donors (Lipinski definition) is 0. The minimum Gasteiger partial charge on any atom is -0.261 e. The first kappa shape index (κ1) is 15.2. The van der Waals surface area contributed by atoms with Gasteiger partial charge in [-0.2, -0.15) is 0 Å². The summed E-state index contributed by atoms with van der Waals surface area (Å²) in [7, 11) is 0. The molecule has 1 aliphatic carbocycles. The number of rotatable bonds is 2. The second-order valence-electron chi connectivity index (χ2n) is 5.71. The zero-order valence-electron chi connectivity index (χ0n) is 12.7. The quantitative estimate of drug-likeness (QED) is 0.679. The van der Waals surface area contributed by atoms with Crippen molar-refractivity contribution in [2.24, 2.45) is 11.3 Å². The predicted octanol–water partition coefficient (Wildman–Crippen LogP) is 5.43. The van der Waals surface area contributed by atoms with Gasteiger partial charge in [0.1, 0.15) is 0 Å². The van der Waals surface area contributed by atoms with Gasteiger partial charge < -0.3 is 0 Å². The van der Waals surface area contributed by atoms with Crippen LogP contribution in [0, 0.1) is 11.3 Å². The van der Waals surface area contributed by atoms with E-state index in [0.29, 0.717) is 11.3 Å². The van der Waals surface area contributed by atoms with Crippen molar-refractivity contribution in [2.75, 3.05) is 0 Å². The Labute approximate surface area is 113 Å². The average molecular weight is 247 g/mol. The van der Waals surface area contributed by atoms with Gasteiger partial charge in [0, 0.05) is 17.8 Å². The number of hydrogen-bond acceptors (Lipinski definition) is 1. The molecule has 102 valence electrons. The van der Waals surface area contributed by atoms with Gasteiger partial charge in [0.15, 0.2) is 0 Å². The molecule has 0 aromatic carbocycles. The van der Waals surface area contributed by atoms with E-state index in [9.17, 15) is 0 Å². The van der Waals surface area contributed by atoms with Crippen molar-refractivity contribution in [3.63, 3.8) is 0 Å². The lowest BCUT2D eigenvalue weighted by atomic mass is 9.61. The van der Waals surface area contributed by atoms with Gasteiger partial charge in [0.25, 0.3) is 0 Å². The molecule has 18 heavy (non-hydrogen) atoms. The van der Waals surface area contributed by atoms with Gasteiger partial charge >= 0.3 is 0 Å². The molecule has 0 N–H and O–H groups in total. The molecular formula is C17H29N. The maximum Gasteiger partial charge on any atom is 0.0440 e. The Morgan fingerprint density at radius 3 is 2.50 bits per heavy atom. The summed E-state index contributed by atoms with van der Waals surface area (Å²) in [4.78, 5) is 4.58. The Morgan fingerprint density at radius 1 is 1.22 bits per heavy atom. The molecule has 2 rings (SSSR count). The van der Waals surface area contributed by atoms with Crippen LogP contribution in [0.25, 0.3) is 0 Å². The highest BCUT2D eigenvalue weighted by atomic mass is 14.7. The smallest absolute Gasteiger partial charge is 0.0440 e. The van der Waals surface area contributed by atoms with Crippen LogP contribution in [0.5, 0.6) is 0 Å². The zero-order chi connectivity index (χ0) is 13.6. The van der Waals surface area contributed by atoms with Crippen molar-refractivity contribution in [3.05, 3.63) is 30.1 Å². The predicted molar refractivity (Wildman–Crippen MR) is 79.7 cm³/mol. The van der Waals surface area contributed by atoms with Gasteiger partial charge in [-0.3, -0.25) is 4.98 Å². The van der Waals surface area contributed by atoms with Crippen LogP contribution in [0.15, 0.2) is 24.4 Å². The molecule has 0 bridgehead atoms. The topological polar surface area (TPSA) is 12.9 Å². The summed E-state index contributed by atoms with van der Waals surface area (Å²) in [5, 5.41) is 0. The molecule has 0 amide bonds. The van der Waals surface area contributed by atoms with Crippen LogP contribution >= 0.6 is 0 Å². The van der Waals surface area contributed by atoms with E-state index < -0.39 is 0 Å². The highest BCUT2D eigenvalue weighted by Crippen LogP contribution is 2.50. The van der Waals surface area contributed by atoms with Crippen LogP contribution in [0.2, 0.25) is 0 Å². The highest BCUT2D eigenvalue weighted by Gasteiger charge is 2.40. The van der Waals surface area contributed by atoms with E-state index in [2.05, 4.69) is 37.9 Å². The normalized spacial score (nSPS) is 27.6. The van der Waals surface area contributed by atoms with Gasteiger partial charge in [-0.1, -0.05) is 53.5 Å². The molecule has 2 unspecified atom stereocenters. The molecule has 1 heteroatoms. The summed E-state index contributed by atoms with van der Waals surface area (Å²) >= 11 is 0. The van der Waals surface area contributed by atoms with Crippen LogP contribution in [0.1, 0.15) is 71.9 Å². The average Bonchev–Trinajstić information content (AvgIpc) is 2.42. The highest BCUT2D eigenvalue weighted by molar-refractivity contribution is 5.14. The third kappa shape index (κ3) is 3.13. The van der Waals surface area contributed by atoms with Crippen LogP contribution < -0.4 is 0 Å². The fourth-order valence-corrected chi connectivity index (χ4v) is 3.12. The summed E-state index contributed by atoms with van der Waals surface area (Å²) in [6.07, 6.45) is 7.35. The second kappa shape index (κ2) is 6.92. The summed E-state index contributed by atoms with van der Waals surface area (Å²) in [5.41, 5.74) is 1.74. The van der Waals surface area contributed by atoms with Gasteiger partial charge in [0.2, 0.25) is 0 Å². The van der Waals surface area contributed by atoms with Crippen LogP contribution in [-0.4, -0.2) is 4.98 Å². The van der Waals surface area contributed by atoms with Crippen molar-refractivity contribution in [3.8, 4) is 0 Å². The van der Waals surface area contributed by atoms with Crippen LogP contribution in [0.4, 0.5) is 0 Å². The van der Waals surface area contributed by atoms with Crippen molar-refractivity contribution >= 4 is 0 Å². The Hall–Kier alpha value is -0.850. The summed E-state index contributed by atoms with van der Waals surface area (Å²) < 4.78 is 0. The number of pyridine rings is 1. The lowest BCUT2D eigenvalue weighted by Gasteiger charge is -2.44. The Balaban J connectivity index is 0.000000771. The molecular weight excluding hydrogens is 218 g/mol. The number of aromatic nitrogens is 1. The van der Waals surface area contributed by atoms with E-state index in [0.717, 1.165) is 5.92 Å². The van der Waals surface area contributed by atoms with E-state index in [-0.39, 0.29) is 0 Å². The van der Waals surface area contributed by atoms with Crippen LogP contribution in [0.3, 0.4) is 0 Å². The molecule has 1 fully saturated rings. The third-order valence-corrected chi connectivity index (χ3v) is 4.62. The molecule has 1 aromatic heterocycles. The molecule has 1 saturated carbocycles. The molecule has 1 aliphatic rings. The molecule has 2 atom stereocenters. The van der Waals surface area contributed by atoms with Crippen molar-refractivity contribution < 1.29 is 0 Å². The minimum atomic E-state index is 0.437. The number of nitrogens with zero attached hydrogens (tertiary/aromatic N) is 1. The van der Waals surface area contributed by atoms with E-state index >= 15 is 0 Å². The van der Waals surface area contributed by atoms with Gasteiger partial charge in [-0.15, -0.1) is 0 Å². The lowest BCUT2D eigenvalue weighted by Crippen LogP contribution is -2.34. The summed E-state index contributed by atoms with van der Waals surface area (Å²) in [5.74, 6) is 1.39. The van der Waals surface area contributed by atoms with Gasteiger partial charge in [0.05, 0.1) is 0 Å². The standard InChI is InChI=1S/C15H23N.C2H6/c1-12(2)15(3)10-6-4-8-13(15)14-9-5-7-11-16-14;1-2/h5,7,9,11-13H,4,6,8,10H2,1-3H3;1-2H3. The first-order valence-corrected chi connectivity index (χ1v) is 7.55. The van der Waals surface area contributed by atoms with Crippen LogP contribution in [-0.2, 0) is 0 Å². The maximum atomic E-state index is 4.58. The molecule has 1 heterocycles. The summed E-state index contributed by atoms with van der Waals surface area (Å²) in [6.45, 7) is 11.2. The molecule has 1 nitrogen and oxygen atoms in total. The van der Waals surface area contributed by atoms with E-state index in [4.69, 9.17) is 0 Å². The first-order valence-electron chi connectivity index (χ1n) is 7.55. The molecule has 1 aromatic rings. The van der Waals surface area contributed by atoms with Gasteiger partial charge in [-0.05, 0) is 36.3 Å². The van der Waals surface area contributed by atoms with Crippen molar-refractivity contribution in [1.29, 1.82) is 0 Å². The fraction of sp³-hybridized carbons (Fsp3) is 0.706. The third-order valence-electron chi connectivity index (χ3n) is 4.62. The second-order valence-corrected chi connectivity index (χ2v) is 5.71. The van der Waals surface area contributed by atoms with Gasteiger partial charge in [-0.25, -0.2) is 0 Å². The van der Waals surface area contributed by atoms with E-state index in [1.54, 1.807) is 0 Å². The van der Waals surface area contributed by atoms with Crippen molar-refractivity contribution in [1.82, 2.24) is 4.98 Å². The van der Waals surface area contributed by atoms with E-state index in [1.165, 1.54) is 31.4 Å².